The molecule has 0 N–H and O–H groups in total. The lowest BCUT2D eigenvalue weighted by Crippen LogP contribution is -2.21. The molecule has 0 aliphatic heterocycles. The maximum atomic E-state index is 5.83. The molecule has 0 atom stereocenters. The van der Waals surface area contributed by atoms with Crippen molar-refractivity contribution in [2.24, 2.45) is 0 Å². The lowest BCUT2D eigenvalue weighted by Gasteiger charge is -2.21. The zero-order valence-electron chi connectivity index (χ0n) is 9.98. The maximum absolute atomic E-state index is 5.83. The minimum atomic E-state index is 0.588. The van der Waals surface area contributed by atoms with Crippen LogP contribution in [0.15, 0.2) is 29.6 Å². The number of anilines is 1. The van der Waals surface area contributed by atoms with Crippen LogP contribution in [0, 0.1) is 6.92 Å². The maximum Gasteiger partial charge on any atom is 0.140 e. The predicted octanol–water partition coefficient (Wildman–Crippen LogP) is 4.13. The Morgan fingerprint density at radius 1 is 1.29 bits per heavy atom. The van der Waals surface area contributed by atoms with Crippen molar-refractivity contribution >= 4 is 28.6 Å². The van der Waals surface area contributed by atoms with Gasteiger partial charge in [-0.2, -0.15) is 0 Å². The molecule has 1 aromatic heterocycles. The summed E-state index contributed by atoms with van der Waals surface area (Å²) in [6.45, 7) is 6.02. The molecule has 2 nitrogen and oxygen atoms in total. The number of aromatic nitrogens is 1. The van der Waals surface area contributed by atoms with Crippen molar-refractivity contribution in [2.75, 3.05) is 11.4 Å². The van der Waals surface area contributed by atoms with E-state index >= 15 is 0 Å². The predicted molar refractivity (Wildman–Crippen MR) is 75.0 cm³/mol. The summed E-state index contributed by atoms with van der Waals surface area (Å²) in [5, 5.41) is 3.52. The molecule has 0 saturated heterocycles. The Morgan fingerprint density at radius 2 is 2.00 bits per heavy atom. The number of halogens is 1. The topological polar surface area (TPSA) is 16.1 Å². The van der Waals surface area contributed by atoms with Crippen LogP contribution in [0.5, 0.6) is 0 Å². The quantitative estimate of drug-likeness (QED) is 0.827. The van der Waals surface area contributed by atoms with E-state index in [1.165, 1.54) is 11.3 Å². The summed E-state index contributed by atoms with van der Waals surface area (Å²) >= 11 is 7.44. The Balaban J connectivity index is 2.13. The van der Waals surface area contributed by atoms with Crippen molar-refractivity contribution < 1.29 is 0 Å². The second kappa shape index (κ2) is 5.52. The van der Waals surface area contributed by atoms with Crippen LogP contribution in [-0.2, 0) is 6.54 Å². The van der Waals surface area contributed by atoms with Gasteiger partial charge in [-0.05, 0) is 26.0 Å². The smallest absolute Gasteiger partial charge is 0.140 e. The lowest BCUT2D eigenvalue weighted by molar-refractivity contribution is 0.825. The van der Waals surface area contributed by atoms with Crippen molar-refractivity contribution in [1.29, 1.82) is 0 Å². The zero-order valence-corrected chi connectivity index (χ0v) is 11.6. The summed E-state index contributed by atoms with van der Waals surface area (Å²) in [7, 11) is 0. The zero-order chi connectivity index (χ0) is 12.3. The van der Waals surface area contributed by atoms with Crippen molar-refractivity contribution in [3.8, 4) is 0 Å². The van der Waals surface area contributed by atoms with Gasteiger partial charge in [-0.1, -0.05) is 29.3 Å². The van der Waals surface area contributed by atoms with Gasteiger partial charge in [-0.3, -0.25) is 0 Å². The molecule has 0 fully saturated rings. The Bertz CT molecular complexity index is 478. The largest absolute Gasteiger partial charge is 0.365 e. The number of aryl methyl sites for hydroxylation is 1. The van der Waals surface area contributed by atoms with Crippen LogP contribution in [0.2, 0.25) is 5.15 Å². The number of thiazole rings is 1. The lowest BCUT2D eigenvalue weighted by atomic mass is 10.2. The third-order valence-corrected chi connectivity index (χ3v) is 3.79. The SMILES string of the molecule is CCN(Cc1nc(Cl)cs1)c1ccc(C)cc1. The van der Waals surface area contributed by atoms with Crippen LogP contribution in [0.1, 0.15) is 17.5 Å². The first-order valence-electron chi connectivity index (χ1n) is 5.60. The molecule has 2 rings (SSSR count). The normalized spacial score (nSPS) is 10.5. The van der Waals surface area contributed by atoms with Gasteiger partial charge in [0.1, 0.15) is 10.2 Å². The molecule has 0 aliphatic rings. The van der Waals surface area contributed by atoms with Gasteiger partial charge >= 0.3 is 0 Å². The standard InChI is InChI=1S/C13H15ClN2S/c1-3-16(8-13-15-12(14)9-17-13)11-6-4-10(2)5-7-11/h4-7,9H,3,8H2,1-2H3. The van der Waals surface area contributed by atoms with Gasteiger partial charge < -0.3 is 4.90 Å². The second-order valence-electron chi connectivity index (χ2n) is 3.91. The number of rotatable bonds is 4. The Kier molecular flexibility index (Phi) is 4.02. The molecule has 0 bridgehead atoms. The number of nitrogens with zero attached hydrogens (tertiary/aromatic N) is 2. The summed E-state index contributed by atoms with van der Waals surface area (Å²) in [6.07, 6.45) is 0. The van der Waals surface area contributed by atoms with Crippen LogP contribution >= 0.6 is 22.9 Å². The summed E-state index contributed by atoms with van der Waals surface area (Å²) in [4.78, 5) is 6.57. The monoisotopic (exact) mass is 266 g/mol. The van der Waals surface area contributed by atoms with Crippen LogP contribution in [0.25, 0.3) is 0 Å². The minimum absolute atomic E-state index is 0.588. The van der Waals surface area contributed by atoms with E-state index in [2.05, 4.69) is 48.0 Å². The number of hydrogen-bond donors (Lipinski definition) is 0. The van der Waals surface area contributed by atoms with Crippen molar-refractivity contribution in [3.63, 3.8) is 0 Å². The fourth-order valence-corrected chi connectivity index (χ4v) is 2.62. The van der Waals surface area contributed by atoms with Crippen LogP contribution < -0.4 is 4.90 Å². The van der Waals surface area contributed by atoms with Gasteiger partial charge in [-0.15, -0.1) is 11.3 Å². The van der Waals surface area contributed by atoms with E-state index in [1.807, 2.05) is 5.38 Å². The van der Waals surface area contributed by atoms with Gasteiger partial charge in [0.2, 0.25) is 0 Å². The van der Waals surface area contributed by atoms with Crippen LogP contribution in [0.4, 0.5) is 5.69 Å². The van der Waals surface area contributed by atoms with Crippen molar-refractivity contribution in [2.45, 2.75) is 20.4 Å². The Morgan fingerprint density at radius 3 is 2.53 bits per heavy atom. The highest BCUT2D eigenvalue weighted by atomic mass is 35.5. The Hall–Kier alpha value is -1.06. The molecule has 4 heteroatoms. The molecule has 0 radical (unpaired) electrons. The van der Waals surface area contributed by atoms with Crippen LogP contribution in [0.3, 0.4) is 0 Å². The summed E-state index contributed by atoms with van der Waals surface area (Å²) < 4.78 is 0. The van der Waals surface area contributed by atoms with E-state index in [0.717, 1.165) is 18.1 Å². The molecule has 0 aliphatic carbocycles. The molecule has 2 aromatic rings. The molecule has 1 aromatic carbocycles. The molecule has 0 unspecified atom stereocenters. The van der Waals surface area contributed by atoms with Crippen molar-refractivity contribution in [1.82, 2.24) is 4.98 Å². The van der Waals surface area contributed by atoms with E-state index in [4.69, 9.17) is 11.6 Å². The molecular weight excluding hydrogens is 252 g/mol. The highest BCUT2D eigenvalue weighted by molar-refractivity contribution is 7.10. The molecule has 90 valence electrons. The first kappa shape index (κ1) is 12.4. The first-order chi connectivity index (χ1) is 8.19. The average molecular weight is 267 g/mol. The molecule has 0 amide bonds. The number of hydrogen-bond acceptors (Lipinski definition) is 3. The highest BCUT2D eigenvalue weighted by Crippen LogP contribution is 2.20. The summed E-state index contributed by atoms with van der Waals surface area (Å²) in [5.74, 6) is 0. The van der Waals surface area contributed by atoms with E-state index in [9.17, 15) is 0 Å². The average Bonchev–Trinajstić information content (AvgIpc) is 2.73. The summed E-state index contributed by atoms with van der Waals surface area (Å²) in [5.41, 5.74) is 2.51. The van der Waals surface area contributed by atoms with E-state index < -0.39 is 0 Å². The molecule has 1 heterocycles. The molecular formula is C13H15ClN2S. The fraction of sp³-hybridized carbons (Fsp3) is 0.308. The van der Waals surface area contributed by atoms with E-state index in [1.54, 1.807) is 11.3 Å². The van der Waals surface area contributed by atoms with Gasteiger partial charge in [-0.25, -0.2) is 4.98 Å². The molecule has 17 heavy (non-hydrogen) atoms. The third kappa shape index (κ3) is 3.20. The van der Waals surface area contributed by atoms with Gasteiger partial charge in [0.25, 0.3) is 0 Å². The highest BCUT2D eigenvalue weighted by Gasteiger charge is 2.07. The second-order valence-corrected chi connectivity index (χ2v) is 5.24. The minimum Gasteiger partial charge on any atom is -0.365 e. The van der Waals surface area contributed by atoms with Gasteiger partial charge in [0.05, 0.1) is 6.54 Å². The molecule has 0 spiro atoms. The molecule has 0 saturated carbocycles. The number of benzene rings is 1. The van der Waals surface area contributed by atoms with Crippen molar-refractivity contribution in [3.05, 3.63) is 45.4 Å². The summed E-state index contributed by atoms with van der Waals surface area (Å²) in [6, 6.07) is 8.56. The fourth-order valence-electron chi connectivity index (χ4n) is 1.67. The van der Waals surface area contributed by atoms with Gasteiger partial charge in [0, 0.05) is 17.6 Å². The Labute approximate surface area is 111 Å². The first-order valence-corrected chi connectivity index (χ1v) is 6.86. The van der Waals surface area contributed by atoms with Crippen LogP contribution in [-0.4, -0.2) is 11.5 Å². The van der Waals surface area contributed by atoms with E-state index in [-0.39, 0.29) is 0 Å². The van der Waals surface area contributed by atoms with E-state index in [0.29, 0.717) is 5.15 Å². The van der Waals surface area contributed by atoms with Gasteiger partial charge in [0.15, 0.2) is 0 Å². The third-order valence-electron chi connectivity index (χ3n) is 2.63.